The van der Waals surface area contributed by atoms with Gasteiger partial charge in [-0.2, -0.15) is 8.62 Å². The number of phosphoric acid groups is 3. The largest absolute Gasteiger partial charge is 0.490 e. The van der Waals surface area contributed by atoms with Crippen LogP contribution in [0, 0.1) is 0 Å². The van der Waals surface area contributed by atoms with Crippen molar-refractivity contribution in [2.45, 2.75) is 38.5 Å². The van der Waals surface area contributed by atoms with Crippen LogP contribution in [-0.2, 0) is 38.1 Å². The van der Waals surface area contributed by atoms with Crippen molar-refractivity contribution in [2.75, 3.05) is 6.61 Å². The Labute approximate surface area is 162 Å². The van der Waals surface area contributed by atoms with Crippen LogP contribution >= 0.6 is 23.5 Å². The molecule has 1 saturated heterocycles. The highest BCUT2D eigenvalue weighted by Crippen LogP contribution is 2.66. The Bertz CT molecular complexity index is 996. The lowest BCUT2D eigenvalue weighted by Gasteiger charge is -2.18. The molecule has 1 fully saturated rings. The Hall–Kier alpha value is -0.950. The van der Waals surface area contributed by atoms with E-state index < -0.39 is 53.5 Å². The second-order valence-corrected chi connectivity index (χ2v) is 10.3. The number of phosphoric ester groups is 1. The third kappa shape index (κ3) is 7.35. The maximum Gasteiger partial charge on any atom is 0.490 e. The van der Waals surface area contributed by atoms with Gasteiger partial charge in [0.2, 0.25) is 0 Å². The highest BCUT2D eigenvalue weighted by atomic mass is 31.3. The number of hydrogen-bond donors (Lipinski definition) is 5. The molecule has 15 nitrogen and oxygen atoms in total. The van der Waals surface area contributed by atoms with Gasteiger partial charge in [-0.1, -0.05) is 0 Å². The third-order valence-corrected chi connectivity index (χ3v) is 7.48. The standard InChI is InChI=1S/C11H19N2O13P3/c1-2-13-5-8(10(14)12-11(13)15)9-4-3-7(24-9)6-23-28(19,20)26-29(21,22)25-27(16,17)18/h5,7,9H,2-4,6H2,1H3,(H,19,20)(H,21,22)(H,12,14,15)(H2,16,17,18)/t7-,9+/m0/s1. The highest BCUT2D eigenvalue weighted by Gasteiger charge is 2.41. The lowest BCUT2D eigenvalue weighted by molar-refractivity contribution is 0.00920. The maximum atomic E-state index is 12.0. The topological polar surface area (TPSA) is 224 Å². The van der Waals surface area contributed by atoms with E-state index in [0.717, 1.165) is 0 Å². The zero-order valence-electron chi connectivity index (χ0n) is 14.8. The second-order valence-electron chi connectivity index (χ2n) is 5.84. The van der Waals surface area contributed by atoms with E-state index in [-0.39, 0.29) is 12.0 Å². The second kappa shape index (κ2) is 9.04. The summed E-state index contributed by atoms with van der Waals surface area (Å²) in [6.45, 7) is 1.40. The van der Waals surface area contributed by atoms with Gasteiger partial charge >= 0.3 is 29.2 Å². The average Bonchev–Trinajstić information content (AvgIpc) is 2.98. The number of nitrogens with one attached hydrogen (secondary N) is 1. The molecule has 2 unspecified atom stereocenters. The first-order valence-corrected chi connectivity index (χ1v) is 12.5. The van der Waals surface area contributed by atoms with Gasteiger partial charge in [0.05, 0.1) is 24.4 Å². The summed E-state index contributed by atoms with van der Waals surface area (Å²) in [5.41, 5.74) is -1.05. The molecule has 29 heavy (non-hydrogen) atoms. The van der Waals surface area contributed by atoms with Gasteiger partial charge < -0.3 is 28.9 Å². The lowest BCUT2D eigenvalue weighted by Crippen LogP contribution is -2.32. The van der Waals surface area contributed by atoms with Crippen molar-refractivity contribution in [1.82, 2.24) is 9.55 Å². The molecular weight excluding hydrogens is 461 g/mol. The molecule has 1 aromatic heterocycles. The zero-order chi connectivity index (χ0) is 22.0. The summed E-state index contributed by atoms with van der Waals surface area (Å²) in [5, 5.41) is 0. The molecule has 0 saturated carbocycles. The number of hydrogen-bond acceptors (Lipinski definition) is 9. The molecule has 1 aliphatic heterocycles. The number of aryl methyl sites for hydroxylation is 1. The van der Waals surface area contributed by atoms with Crippen molar-refractivity contribution in [3.63, 3.8) is 0 Å². The Morgan fingerprint density at radius 1 is 1.14 bits per heavy atom. The summed E-state index contributed by atoms with van der Waals surface area (Å²) >= 11 is 0. The smallest absolute Gasteiger partial charge is 0.368 e. The summed E-state index contributed by atoms with van der Waals surface area (Å²) in [6.07, 6.45) is 0.384. The molecule has 0 spiro atoms. The first kappa shape index (κ1) is 24.3. The van der Waals surface area contributed by atoms with E-state index in [4.69, 9.17) is 19.4 Å². The number of nitrogens with zero attached hydrogens (tertiary/aromatic N) is 1. The van der Waals surface area contributed by atoms with Gasteiger partial charge in [0.25, 0.3) is 5.56 Å². The molecule has 2 rings (SSSR count). The molecule has 5 N–H and O–H groups in total. The van der Waals surface area contributed by atoms with Gasteiger partial charge in [0.1, 0.15) is 0 Å². The summed E-state index contributed by atoms with van der Waals surface area (Å²) < 4.78 is 52.0. The van der Waals surface area contributed by atoms with Gasteiger partial charge in [-0.05, 0) is 19.8 Å². The van der Waals surface area contributed by atoms with Crippen LogP contribution < -0.4 is 11.2 Å². The summed E-state index contributed by atoms with van der Waals surface area (Å²) in [4.78, 5) is 61.1. The summed E-state index contributed by atoms with van der Waals surface area (Å²) in [5.74, 6) is 0. The van der Waals surface area contributed by atoms with Gasteiger partial charge in [0, 0.05) is 12.7 Å². The van der Waals surface area contributed by atoms with Crippen molar-refractivity contribution in [1.29, 1.82) is 0 Å². The normalized spacial score (nSPS) is 24.2. The van der Waals surface area contributed by atoms with Crippen LogP contribution in [-0.4, -0.2) is 41.8 Å². The third-order valence-electron chi connectivity index (χ3n) is 3.67. The monoisotopic (exact) mass is 480 g/mol. The fourth-order valence-corrected chi connectivity index (χ4v) is 5.58. The number of ether oxygens (including phenoxy) is 1. The lowest BCUT2D eigenvalue weighted by atomic mass is 10.1. The Morgan fingerprint density at radius 3 is 2.38 bits per heavy atom. The van der Waals surface area contributed by atoms with Gasteiger partial charge in [-0.3, -0.25) is 14.3 Å². The average molecular weight is 480 g/mol. The molecular formula is C11H19N2O13P3. The predicted molar refractivity (Wildman–Crippen MR) is 93.7 cm³/mol. The first-order chi connectivity index (χ1) is 13.2. The highest BCUT2D eigenvalue weighted by molar-refractivity contribution is 7.66. The van der Waals surface area contributed by atoms with E-state index in [2.05, 4.69) is 18.1 Å². The molecule has 166 valence electrons. The van der Waals surface area contributed by atoms with E-state index in [1.807, 2.05) is 0 Å². The minimum Gasteiger partial charge on any atom is -0.368 e. The van der Waals surface area contributed by atoms with Crippen LogP contribution in [0.4, 0.5) is 0 Å². The van der Waals surface area contributed by atoms with E-state index in [9.17, 15) is 28.2 Å². The minimum atomic E-state index is -5.60. The molecule has 1 aliphatic rings. The fraction of sp³-hybridized carbons (Fsp3) is 0.636. The van der Waals surface area contributed by atoms with Crippen molar-refractivity contribution in [3.8, 4) is 0 Å². The molecule has 4 atom stereocenters. The van der Waals surface area contributed by atoms with E-state index >= 15 is 0 Å². The van der Waals surface area contributed by atoms with Crippen LogP contribution in [0.25, 0.3) is 0 Å². The summed E-state index contributed by atoms with van der Waals surface area (Å²) in [7, 11) is -16.3. The zero-order valence-corrected chi connectivity index (χ0v) is 17.5. The molecule has 0 aromatic carbocycles. The van der Waals surface area contributed by atoms with Gasteiger partial charge in [-0.15, -0.1) is 0 Å². The fourth-order valence-electron chi connectivity index (χ4n) is 2.53. The van der Waals surface area contributed by atoms with E-state index in [0.29, 0.717) is 13.0 Å². The Balaban J connectivity index is 1.98. The number of aromatic amines is 1. The van der Waals surface area contributed by atoms with Crippen LogP contribution in [0.3, 0.4) is 0 Å². The molecule has 0 amide bonds. The molecule has 0 radical (unpaired) electrons. The van der Waals surface area contributed by atoms with Crippen molar-refractivity contribution >= 4 is 23.5 Å². The summed E-state index contributed by atoms with van der Waals surface area (Å²) in [6, 6.07) is 0. The molecule has 0 aliphatic carbocycles. The molecule has 1 aromatic rings. The quantitative estimate of drug-likeness (QED) is 0.297. The van der Waals surface area contributed by atoms with E-state index in [1.54, 1.807) is 6.92 Å². The minimum absolute atomic E-state index is 0.173. The number of aromatic nitrogens is 2. The van der Waals surface area contributed by atoms with Gasteiger partial charge in [-0.25, -0.2) is 18.5 Å². The van der Waals surface area contributed by atoms with Crippen LogP contribution in [0.2, 0.25) is 0 Å². The van der Waals surface area contributed by atoms with Crippen molar-refractivity contribution in [2.24, 2.45) is 0 Å². The van der Waals surface area contributed by atoms with Crippen LogP contribution in [0.1, 0.15) is 31.4 Å². The molecule has 2 heterocycles. The SMILES string of the molecule is CCn1cc([C@H]2CC[C@@H](COP(=O)(O)OP(=O)(O)OP(=O)(O)O)O2)c(=O)[nH]c1=O. The maximum absolute atomic E-state index is 12.0. The van der Waals surface area contributed by atoms with Crippen molar-refractivity contribution < 1.29 is 51.2 Å². The van der Waals surface area contributed by atoms with Crippen LogP contribution in [0.5, 0.6) is 0 Å². The first-order valence-electron chi connectivity index (χ1n) is 7.99. The Morgan fingerprint density at radius 2 is 1.79 bits per heavy atom. The van der Waals surface area contributed by atoms with Gasteiger partial charge in [0.15, 0.2) is 0 Å². The Kier molecular flexibility index (Phi) is 7.59. The number of rotatable bonds is 9. The van der Waals surface area contributed by atoms with E-state index in [1.165, 1.54) is 10.8 Å². The molecule has 0 bridgehead atoms. The molecule has 18 heteroatoms. The van der Waals surface area contributed by atoms with Crippen molar-refractivity contribution in [3.05, 3.63) is 32.6 Å². The van der Waals surface area contributed by atoms with Crippen LogP contribution in [0.15, 0.2) is 15.8 Å². The number of H-pyrrole nitrogens is 1. The predicted octanol–water partition coefficient (Wildman–Crippen LogP) is 0.120.